The minimum atomic E-state index is -0.620. The zero-order valence-electron chi connectivity index (χ0n) is 14.8. The van der Waals surface area contributed by atoms with Crippen molar-refractivity contribution in [1.29, 1.82) is 0 Å². The molecule has 0 fully saturated rings. The van der Waals surface area contributed by atoms with Crippen LogP contribution >= 0.6 is 0 Å². The molecule has 1 aromatic rings. The van der Waals surface area contributed by atoms with Crippen molar-refractivity contribution in [1.82, 2.24) is 5.06 Å². The molecule has 0 aromatic heterocycles. The standard InChI is InChI=1S/C18H22N2O5/c1-12(2)9-15-17(21)20(25-11-23-3)18(22)16(19-15)10-13-5-7-14(24-4)8-6-13/h5-8,10,12H,9,11H2,1-4H3/b16-10-. The van der Waals surface area contributed by atoms with Gasteiger partial charge < -0.3 is 9.47 Å². The number of rotatable bonds is 7. The molecule has 1 heterocycles. The molecule has 0 atom stereocenters. The number of imide groups is 1. The van der Waals surface area contributed by atoms with Crippen LogP contribution in [0, 0.1) is 5.92 Å². The lowest BCUT2D eigenvalue weighted by Gasteiger charge is -2.25. The summed E-state index contributed by atoms with van der Waals surface area (Å²) >= 11 is 0. The van der Waals surface area contributed by atoms with Gasteiger partial charge in [-0.3, -0.25) is 9.59 Å². The molecule has 0 N–H and O–H groups in total. The normalized spacial score (nSPS) is 16.6. The number of nitrogens with zero attached hydrogens (tertiary/aromatic N) is 2. The van der Waals surface area contributed by atoms with Crippen LogP contribution in [0.4, 0.5) is 0 Å². The molecule has 0 spiro atoms. The first-order valence-electron chi connectivity index (χ1n) is 7.90. The molecule has 1 aliphatic rings. The summed E-state index contributed by atoms with van der Waals surface area (Å²) in [4.78, 5) is 34.3. The monoisotopic (exact) mass is 346 g/mol. The van der Waals surface area contributed by atoms with Crippen LogP contribution in [-0.4, -0.2) is 43.6 Å². The third-order valence-corrected chi connectivity index (χ3v) is 3.41. The topological polar surface area (TPSA) is 77.4 Å². The Morgan fingerprint density at radius 2 is 1.80 bits per heavy atom. The lowest BCUT2D eigenvalue weighted by Crippen LogP contribution is -2.45. The molecule has 0 unspecified atom stereocenters. The van der Waals surface area contributed by atoms with Gasteiger partial charge in [-0.1, -0.05) is 26.0 Å². The number of benzene rings is 1. The fourth-order valence-electron chi connectivity index (χ4n) is 2.25. The fourth-order valence-corrected chi connectivity index (χ4v) is 2.25. The van der Waals surface area contributed by atoms with Crippen LogP contribution in [0.3, 0.4) is 0 Å². The zero-order valence-corrected chi connectivity index (χ0v) is 14.8. The summed E-state index contributed by atoms with van der Waals surface area (Å²) in [6.45, 7) is 3.74. The lowest BCUT2D eigenvalue weighted by molar-refractivity contribution is -0.213. The van der Waals surface area contributed by atoms with Crippen LogP contribution in [0.2, 0.25) is 0 Å². The summed E-state index contributed by atoms with van der Waals surface area (Å²) in [6, 6.07) is 7.16. The average Bonchev–Trinajstić information content (AvgIpc) is 2.59. The largest absolute Gasteiger partial charge is 0.497 e. The molecule has 0 saturated carbocycles. The quantitative estimate of drug-likeness (QED) is 0.430. The smallest absolute Gasteiger partial charge is 0.303 e. The summed E-state index contributed by atoms with van der Waals surface area (Å²) in [5.41, 5.74) is 1.18. The van der Waals surface area contributed by atoms with Crippen molar-refractivity contribution in [3.05, 3.63) is 35.5 Å². The number of hydrogen-bond acceptors (Lipinski definition) is 6. The van der Waals surface area contributed by atoms with Gasteiger partial charge in [0.15, 0.2) is 6.79 Å². The molecule has 0 radical (unpaired) electrons. The van der Waals surface area contributed by atoms with Crippen molar-refractivity contribution in [2.45, 2.75) is 20.3 Å². The molecule has 2 rings (SSSR count). The van der Waals surface area contributed by atoms with E-state index in [2.05, 4.69) is 4.99 Å². The second kappa shape index (κ2) is 8.55. The minimum absolute atomic E-state index is 0.136. The molecule has 1 aliphatic heterocycles. The molecule has 134 valence electrons. The van der Waals surface area contributed by atoms with Crippen LogP contribution in [0.15, 0.2) is 35.0 Å². The fraction of sp³-hybridized carbons (Fsp3) is 0.389. The highest BCUT2D eigenvalue weighted by molar-refractivity contribution is 6.44. The molecule has 0 bridgehead atoms. The number of methoxy groups -OCH3 is 2. The predicted molar refractivity (Wildman–Crippen MR) is 92.7 cm³/mol. The van der Waals surface area contributed by atoms with E-state index in [0.29, 0.717) is 17.2 Å². The van der Waals surface area contributed by atoms with Gasteiger partial charge >= 0.3 is 5.91 Å². The summed E-state index contributed by atoms with van der Waals surface area (Å²) < 4.78 is 9.91. The number of carbonyl (C=O) groups is 2. The van der Waals surface area contributed by atoms with Crippen molar-refractivity contribution >= 4 is 23.6 Å². The SMILES string of the molecule is COCON1C(=O)C(CC(C)C)=N/C(=C\c2ccc(OC)cc2)C1=O. The molecule has 7 nitrogen and oxygen atoms in total. The molecular weight excluding hydrogens is 324 g/mol. The highest BCUT2D eigenvalue weighted by atomic mass is 16.8. The van der Waals surface area contributed by atoms with Crippen LogP contribution in [0.25, 0.3) is 6.08 Å². The maximum atomic E-state index is 12.5. The van der Waals surface area contributed by atoms with Crippen molar-refractivity contribution in [2.24, 2.45) is 10.9 Å². The first-order chi connectivity index (χ1) is 12.0. The second-order valence-corrected chi connectivity index (χ2v) is 5.90. The van der Waals surface area contributed by atoms with E-state index in [1.54, 1.807) is 37.5 Å². The van der Waals surface area contributed by atoms with Crippen molar-refractivity contribution in [2.75, 3.05) is 21.0 Å². The Morgan fingerprint density at radius 1 is 1.12 bits per heavy atom. The Bertz CT molecular complexity index is 692. The average molecular weight is 346 g/mol. The van der Waals surface area contributed by atoms with E-state index >= 15 is 0 Å². The van der Waals surface area contributed by atoms with Gasteiger partial charge in [-0.15, -0.1) is 5.06 Å². The number of carbonyl (C=O) groups excluding carboxylic acids is 2. The lowest BCUT2D eigenvalue weighted by atomic mass is 10.0. The first kappa shape index (κ1) is 18.8. The summed E-state index contributed by atoms with van der Waals surface area (Å²) in [6.07, 6.45) is 2.05. The number of amides is 2. The Kier molecular flexibility index (Phi) is 6.44. The summed E-state index contributed by atoms with van der Waals surface area (Å²) in [5.74, 6) is -0.253. The highest BCUT2D eigenvalue weighted by Crippen LogP contribution is 2.21. The number of aliphatic imine (C=N–C) groups is 1. The van der Waals surface area contributed by atoms with Crippen LogP contribution in [0.5, 0.6) is 5.75 Å². The number of hydroxylamine groups is 2. The van der Waals surface area contributed by atoms with E-state index < -0.39 is 11.8 Å². The van der Waals surface area contributed by atoms with Gasteiger partial charge in [0, 0.05) is 7.11 Å². The van der Waals surface area contributed by atoms with Gasteiger partial charge in [-0.2, -0.15) is 0 Å². The van der Waals surface area contributed by atoms with Gasteiger partial charge in [0.1, 0.15) is 17.2 Å². The molecule has 2 amide bonds. The van der Waals surface area contributed by atoms with E-state index in [1.165, 1.54) is 7.11 Å². The van der Waals surface area contributed by atoms with Crippen LogP contribution < -0.4 is 4.74 Å². The summed E-state index contributed by atoms with van der Waals surface area (Å²) in [7, 11) is 2.99. The molecular formula is C18H22N2O5. The maximum absolute atomic E-state index is 12.5. The third kappa shape index (κ3) is 4.74. The van der Waals surface area contributed by atoms with Gasteiger partial charge in [0.05, 0.1) is 7.11 Å². The predicted octanol–water partition coefficient (Wildman–Crippen LogP) is 2.43. The van der Waals surface area contributed by atoms with Crippen LogP contribution in [0.1, 0.15) is 25.8 Å². The number of hydrogen-bond donors (Lipinski definition) is 0. The van der Waals surface area contributed by atoms with E-state index in [1.807, 2.05) is 13.8 Å². The van der Waals surface area contributed by atoms with Gasteiger partial charge in [-0.25, -0.2) is 9.83 Å². The van der Waals surface area contributed by atoms with Crippen LogP contribution in [-0.2, 0) is 19.2 Å². The van der Waals surface area contributed by atoms with Crippen molar-refractivity contribution < 1.29 is 23.9 Å². The molecule has 0 saturated heterocycles. The van der Waals surface area contributed by atoms with Crippen molar-refractivity contribution in [3.8, 4) is 5.75 Å². The Morgan fingerprint density at radius 3 is 2.36 bits per heavy atom. The third-order valence-electron chi connectivity index (χ3n) is 3.41. The van der Waals surface area contributed by atoms with E-state index in [0.717, 1.165) is 5.56 Å². The van der Waals surface area contributed by atoms with E-state index in [9.17, 15) is 9.59 Å². The Balaban J connectivity index is 2.37. The molecule has 0 aliphatic carbocycles. The molecule has 7 heteroatoms. The van der Waals surface area contributed by atoms with Gasteiger partial charge in [-0.05, 0) is 36.1 Å². The Labute approximate surface area is 146 Å². The van der Waals surface area contributed by atoms with Crippen molar-refractivity contribution in [3.63, 3.8) is 0 Å². The Hall–Kier alpha value is -2.51. The zero-order chi connectivity index (χ0) is 18.4. The molecule has 25 heavy (non-hydrogen) atoms. The molecule has 1 aromatic carbocycles. The minimum Gasteiger partial charge on any atom is -0.497 e. The first-order valence-corrected chi connectivity index (χ1v) is 7.90. The van der Waals surface area contributed by atoms with E-state index in [-0.39, 0.29) is 24.1 Å². The highest BCUT2D eigenvalue weighted by Gasteiger charge is 2.34. The van der Waals surface area contributed by atoms with E-state index in [4.69, 9.17) is 14.3 Å². The maximum Gasteiger partial charge on any atom is 0.303 e. The number of ether oxygens (including phenoxy) is 2. The van der Waals surface area contributed by atoms with Gasteiger partial charge in [0.2, 0.25) is 0 Å². The summed E-state index contributed by atoms with van der Waals surface area (Å²) in [5, 5.41) is 0.712. The van der Waals surface area contributed by atoms with Gasteiger partial charge in [0.25, 0.3) is 5.91 Å². The second-order valence-electron chi connectivity index (χ2n) is 5.90.